The normalized spacial score (nSPS) is 23.3. The number of carbonyl (C=O) groups is 1. The maximum Gasteiger partial charge on any atom is 0.304 e. The fourth-order valence-corrected chi connectivity index (χ4v) is 2.07. The molecule has 4 nitrogen and oxygen atoms in total. The minimum Gasteiger partial charge on any atom is -0.481 e. The van der Waals surface area contributed by atoms with E-state index in [0.29, 0.717) is 6.10 Å². The molecule has 15 heavy (non-hydrogen) atoms. The number of ether oxygens (including phenoxy) is 1. The maximum atomic E-state index is 10.7. The van der Waals surface area contributed by atoms with Gasteiger partial charge in [0.2, 0.25) is 0 Å². The lowest BCUT2D eigenvalue weighted by atomic mass is 10.1. The first-order valence-electron chi connectivity index (χ1n) is 5.67. The Labute approximate surface area is 91.2 Å². The number of nitrogens with zero attached hydrogens (tertiary/aromatic N) is 1. The molecule has 0 aromatic carbocycles. The summed E-state index contributed by atoms with van der Waals surface area (Å²) in [6.45, 7) is 3.74. The molecule has 0 aromatic rings. The molecule has 1 N–H and O–H groups in total. The van der Waals surface area contributed by atoms with Crippen LogP contribution in [-0.2, 0) is 9.53 Å². The van der Waals surface area contributed by atoms with Gasteiger partial charge in [-0.15, -0.1) is 0 Å². The molecule has 0 amide bonds. The van der Waals surface area contributed by atoms with Crippen molar-refractivity contribution in [2.24, 2.45) is 0 Å². The van der Waals surface area contributed by atoms with Crippen LogP contribution in [0.5, 0.6) is 0 Å². The molecular formula is C11H21NO3. The summed E-state index contributed by atoms with van der Waals surface area (Å²) in [5, 5.41) is 8.77. The average Bonchev–Trinajstić information content (AvgIpc) is 2.66. The first-order chi connectivity index (χ1) is 7.13. The van der Waals surface area contributed by atoms with E-state index in [4.69, 9.17) is 9.84 Å². The Kier molecular flexibility index (Phi) is 5.05. The molecular weight excluding hydrogens is 194 g/mol. The van der Waals surface area contributed by atoms with Crippen LogP contribution >= 0.6 is 0 Å². The van der Waals surface area contributed by atoms with E-state index in [1.54, 1.807) is 0 Å². The van der Waals surface area contributed by atoms with Crippen molar-refractivity contribution in [1.29, 1.82) is 0 Å². The predicted octanol–water partition coefficient (Wildman–Crippen LogP) is 1.35. The van der Waals surface area contributed by atoms with E-state index in [1.165, 1.54) is 0 Å². The molecule has 0 saturated carbocycles. The van der Waals surface area contributed by atoms with Gasteiger partial charge in [-0.25, -0.2) is 0 Å². The molecule has 1 heterocycles. The zero-order valence-corrected chi connectivity index (χ0v) is 9.61. The summed E-state index contributed by atoms with van der Waals surface area (Å²) in [6, 6.07) is 0.131. The van der Waals surface area contributed by atoms with Gasteiger partial charge in [0.25, 0.3) is 0 Å². The monoisotopic (exact) mass is 215 g/mol. The molecule has 0 aliphatic carbocycles. The Hall–Kier alpha value is -0.610. The van der Waals surface area contributed by atoms with Crippen molar-refractivity contribution in [3.8, 4) is 0 Å². The molecule has 0 spiro atoms. The lowest BCUT2D eigenvalue weighted by Gasteiger charge is -2.27. The fraction of sp³-hybridized carbons (Fsp3) is 0.909. The van der Waals surface area contributed by atoms with Crippen LogP contribution in [-0.4, -0.2) is 48.3 Å². The van der Waals surface area contributed by atoms with Crippen LogP contribution < -0.4 is 0 Å². The van der Waals surface area contributed by atoms with E-state index >= 15 is 0 Å². The van der Waals surface area contributed by atoms with Crippen molar-refractivity contribution in [3.05, 3.63) is 0 Å². The molecule has 4 heteroatoms. The quantitative estimate of drug-likeness (QED) is 0.726. The topological polar surface area (TPSA) is 49.8 Å². The highest BCUT2D eigenvalue weighted by Gasteiger charge is 2.22. The first-order valence-corrected chi connectivity index (χ1v) is 5.67. The summed E-state index contributed by atoms with van der Waals surface area (Å²) in [6.07, 6.45) is 3.63. The second-order valence-electron chi connectivity index (χ2n) is 4.23. The molecule has 0 aromatic heterocycles. The van der Waals surface area contributed by atoms with Crippen LogP contribution in [0.3, 0.4) is 0 Å². The average molecular weight is 215 g/mol. The Morgan fingerprint density at radius 1 is 1.67 bits per heavy atom. The molecule has 1 rings (SSSR count). The number of hydrogen-bond donors (Lipinski definition) is 1. The number of carboxylic acid groups (broad SMARTS) is 1. The van der Waals surface area contributed by atoms with Gasteiger partial charge in [0.1, 0.15) is 0 Å². The zero-order chi connectivity index (χ0) is 11.3. The van der Waals surface area contributed by atoms with Gasteiger partial charge in [-0.1, -0.05) is 6.92 Å². The van der Waals surface area contributed by atoms with E-state index in [2.05, 4.69) is 4.90 Å². The van der Waals surface area contributed by atoms with Crippen molar-refractivity contribution in [2.75, 3.05) is 20.2 Å². The van der Waals surface area contributed by atoms with Crippen LogP contribution in [0.1, 0.15) is 32.6 Å². The molecule has 2 atom stereocenters. The van der Waals surface area contributed by atoms with Crippen molar-refractivity contribution in [2.45, 2.75) is 44.8 Å². The van der Waals surface area contributed by atoms with Crippen LogP contribution in [0.4, 0.5) is 0 Å². The van der Waals surface area contributed by atoms with Crippen molar-refractivity contribution >= 4 is 5.97 Å². The third kappa shape index (κ3) is 4.18. The number of likely N-dealkylation sites (N-methyl/N-ethyl adjacent to an activating group) is 1. The molecule has 1 aliphatic rings. The van der Waals surface area contributed by atoms with Gasteiger partial charge in [0.05, 0.1) is 12.5 Å². The lowest BCUT2D eigenvalue weighted by Crippen LogP contribution is -2.38. The second-order valence-corrected chi connectivity index (χ2v) is 4.23. The molecule has 0 bridgehead atoms. The van der Waals surface area contributed by atoms with Crippen molar-refractivity contribution in [1.82, 2.24) is 4.90 Å². The number of aliphatic carboxylic acids is 1. The molecule has 1 fully saturated rings. The highest BCUT2D eigenvalue weighted by molar-refractivity contribution is 5.67. The summed E-state index contributed by atoms with van der Waals surface area (Å²) in [4.78, 5) is 12.8. The van der Waals surface area contributed by atoms with Crippen LogP contribution in [0.25, 0.3) is 0 Å². The Bertz CT molecular complexity index is 202. The second kappa shape index (κ2) is 6.08. The van der Waals surface area contributed by atoms with Gasteiger partial charge in [-0.3, -0.25) is 4.79 Å². The summed E-state index contributed by atoms with van der Waals surface area (Å²) in [7, 11) is 1.98. The van der Waals surface area contributed by atoms with Crippen molar-refractivity contribution in [3.63, 3.8) is 0 Å². The van der Waals surface area contributed by atoms with Crippen LogP contribution in [0.2, 0.25) is 0 Å². The Morgan fingerprint density at radius 2 is 2.40 bits per heavy atom. The van der Waals surface area contributed by atoms with Gasteiger partial charge in [0, 0.05) is 19.2 Å². The van der Waals surface area contributed by atoms with E-state index in [1.807, 2.05) is 14.0 Å². The summed E-state index contributed by atoms with van der Waals surface area (Å²) >= 11 is 0. The molecule has 1 aliphatic heterocycles. The third-order valence-corrected chi connectivity index (χ3v) is 3.02. The highest BCUT2D eigenvalue weighted by Crippen LogP contribution is 2.15. The minimum absolute atomic E-state index is 0.131. The maximum absolute atomic E-state index is 10.7. The first kappa shape index (κ1) is 12.5. The van der Waals surface area contributed by atoms with Gasteiger partial charge in [-0.05, 0) is 26.3 Å². The lowest BCUT2D eigenvalue weighted by molar-refractivity contribution is -0.138. The third-order valence-electron chi connectivity index (χ3n) is 3.02. The largest absolute Gasteiger partial charge is 0.481 e. The minimum atomic E-state index is -0.721. The van der Waals surface area contributed by atoms with Gasteiger partial charge in [0.15, 0.2) is 0 Å². The van der Waals surface area contributed by atoms with E-state index in [-0.39, 0.29) is 12.5 Å². The number of hydrogen-bond acceptors (Lipinski definition) is 3. The van der Waals surface area contributed by atoms with Gasteiger partial charge < -0.3 is 14.7 Å². The van der Waals surface area contributed by atoms with Gasteiger partial charge >= 0.3 is 5.97 Å². The predicted molar refractivity (Wildman–Crippen MR) is 57.9 cm³/mol. The molecule has 0 radical (unpaired) electrons. The van der Waals surface area contributed by atoms with E-state index in [0.717, 1.165) is 32.4 Å². The molecule has 2 unspecified atom stereocenters. The Morgan fingerprint density at radius 3 is 2.87 bits per heavy atom. The molecule has 1 saturated heterocycles. The highest BCUT2D eigenvalue weighted by atomic mass is 16.5. The Balaban J connectivity index is 2.34. The van der Waals surface area contributed by atoms with E-state index < -0.39 is 5.97 Å². The summed E-state index contributed by atoms with van der Waals surface area (Å²) in [5.41, 5.74) is 0. The van der Waals surface area contributed by atoms with Crippen molar-refractivity contribution < 1.29 is 14.6 Å². The van der Waals surface area contributed by atoms with Gasteiger partial charge in [-0.2, -0.15) is 0 Å². The number of rotatable bonds is 6. The summed E-state index contributed by atoms with van der Waals surface area (Å²) < 4.78 is 5.53. The summed E-state index contributed by atoms with van der Waals surface area (Å²) in [5.74, 6) is -0.721. The fourth-order valence-electron chi connectivity index (χ4n) is 2.07. The zero-order valence-electron chi connectivity index (χ0n) is 9.61. The number of carboxylic acids is 1. The van der Waals surface area contributed by atoms with Crippen LogP contribution in [0.15, 0.2) is 0 Å². The SMILES string of the molecule is CCC(CC(=O)O)N(C)CC1CCCO1. The van der Waals surface area contributed by atoms with Crippen LogP contribution in [0, 0.1) is 0 Å². The molecule has 88 valence electrons. The smallest absolute Gasteiger partial charge is 0.304 e. The van der Waals surface area contributed by atoms with E-state index in [9.17, 15) is 4.79 Å². The standard InChI is InChI=1S/C11H21NO3/c1-3-9(7-11(13)14)12(2)8-10-5-4-6-15-10/h9-10H,3-8H2,1-2H3,(H,13,14).